The van der Waals surface area contributed by atoms with Crippen LogP contribution in [0.1, 0.15) is 37.8 Å². The third-order valence-corrected chi connectivity index (χ3v) is 8.58. The molecule has 0 saturated heterocycles. The Morgan fingerprint density at radius 1 is 1.10 bits per heavy atom. The summed E-state index contributed by atoms with van der Waals surface area (Å²) in [6.45, 7) is 2.27. The normalized spacial score (nSPS) is 20.2. The maximum Gasteiger partial charge on any atom is 0.322 e. The first-order valence-electron chi connectivity index (χ1n) is 13.7. The minimum atomic E-state index is -0.245. The Morgan fingerprint density at radius 2 is 1.82 bits per heavy atom. The molecule has 0 saturated carbocycles. The Kier molecular flexibility index (Phi) is 7.11. The molecule has 1 aliphatic heterocycles. The molecule has 0 aromatic heterocycles. The third kappa shape index (κ3) is 5.00. The molecule has 7 heteroatoms. The topological polar surface area (TPSA) is 47.6 Å². The molecule has 204 valence electrons. The SMILES string of the molecule is C[C@H]1C2=CNN(c3ccc(F)cc3)C2=CC2=C1[C@@H](CC(NC(=O)N(C)c1ccc(Cl)cc1)c1ccccc1)CC2. The van der Waals surface area contributed by atoms with Gasteiger partial charge in [0.05, 0.1) is 17.4 Å². The molecule has 0 bridgehead atoms. The number of carbonyl (C=O) groups excluding carboxylic acids is 1. The minimum absolute atomic E-state index is 0.135. The van der Waals surface area contributed by atoms with E-state index >= 15 is 0 Å². The molecule has 5 nitrogen and oxygen atoms in total. The van der Waals surface area contributed by atoms with Gasteiger partial charge in [0.2, 0.25) is 0 Å². The average Bonchev–Trinajstić information content (AvgIpc) is 3.58. The average molecular weight is 555 g/mol. The number of nitrogens with one attached hydrogen (secondary N) is 2. The molecule has 1 heterocycles. The largest absolute Gasteiger partial charge is 0.331 e. The zero-order valence-electron chi connectivity index (χ0n) is 22.6. The number of nitrogens with zero attached hydrogens (tertiary/aromatic N) is 2. The molecule has 0 radical (unpaired) electrons. The lowest BCUT2D eigenvalue weighted by molar-refractivity contribution is 0.241. The lowest BCUT2D eigenvalue weighted by atomic mass is 9.78. The Morgan fingerprint density at radius 3 is 2.55 bits per heavy atom. The number of carbonyl (C=O) groups is 1. The van der Waals surface area contributed by atoms with E-state index in [1.54, 1.807) is 36.2 Å². The molecule has 6 rings (SSSR count). The number of anilines is 2. The highest BCUT2D eigenvalue weighted by molar-refractivity contribution is 6.30. The van der Waals surface area contributed by atoms with Crippen molar-refractivity contribution in [3.05, 3.63) is 130 Å². The van der Waals surface area contributed by atoms with E-state index < -0.39 is 0 Å². The quantitative estimate of drug-likeness (QED) is 0.325. The Labute approximate surface area is 239 Å². The number of benzene rings is 3. The number of fused-ring (bicyclic) bond motifs is 1. The monoisotopic (exact) mass is 554 g/mol. The lowest BCUT2D eigenvalue weighted by Crippen LogP contribution is -2.40. The molecular weight excluding hydrogens is 523 g/mol. The van der Waals surface area contributed by atoms with Crippen molar-refractivity contribution in [2.24, 2.45) is 11.8 Å². The molecule has 0 spiro atoms. The minimum Gasteiger partial charge on any atom is -0.331 e. The fourth-order valence-electron chi connectivity index (χ4n) is 6.24. The van der Waals surface area contributed by atoms with Crippen LogP contribution in [-0.4, -0.2) is 13.1 Å². The molecule has 2 amide bonds. The molecule has 3 atom stereocenters. The van der Waals surface area contributed by atoms with Gasteiger partial charge in [-0.25, -0.2) is 9.18 Å². The van der Waals surface area contributed by atoms with Crippen LogP contribution in [0.5, 0.6) is 0 Å². The summed E-state index contributed by atoms with van der Waals surface area (Å²) in [5, 5.41) is 5.98. The number of hydrogen-bond acceptors (Lipinski definition) is 3. The maximum atomic E-state index is 13.5. The first kappa shape index (κ1) is 26.2. The van der Waals surface area contributed by atoms with Gasteiger partial charge in [-0.05, 0) is 90.9 Å². The summed E-state index contributed by atoms with van der Waals surface area (Å²) in [7, 11) is 1.78. The third-order valence-electron chi connectivity index (χ3n) is 8.33. The zero-order valence-corrected chi connectivity index (χ0v) is 23.3. The molecule has 3 aromatic carbocycles. The van der Waals surface area contributed by atoms with Gasteiger partial charge >= 0.3 is 6.03 Å². The number of halogens is 2. The summed E-state index contributed by atoms with van der Waals surface area (Å²) < 4.78 is 13.5. The van der Waals surface area contributed by atoms with Crippen molar-refractivity contribution in [1.82, 2.24) is 10.7 Å². The highest BCUT2D eigenvalue weighted by Crippen LogP contribution is 2.49. The molecular formula is C33H32ClFN4O. The van der Waals surface area contributed by atoms with Crippen LogP contribution in [0.3, 0.4) is 0 Å². The standard InChI is InChI=1S/C33H32ClFN4O/c1-21-29-20-36-39(28-16-12-26(35)13-17-28)31(29)19-24-9-8-23(32(21)24)18-30(22-6-4-3-5-7-22)37-33(40)38(2)27-14-10-25(34)11-15-27/h3-7,10-17,19-21,23,30,36H,8-9,18H2,1-2H3,(H,37,40)/t21-,23+,30?/m0/s1. The molecule has 3 aromatic rings. The smallest absolute Gasteiger partial charge is 0.322 e. The van der Waals surface area contributed by atoms with Gasteiger partial charge in [0, 0.05) is 35.4 Å². The molecule has 0 fully saturated rings. The molecule has 2 N–H and O–H groups in total. The van der Waals surface area contributed by atoms with E-state index in [0.717, 1.165) is 41.9 Å². The first-order valence-corrected chi connectivity index (χ1v) is 14.1. The number of allylic oxidation sites excluding steroid dienone is 4. The van der Waals surface area contributed by atoms with E-state index in [0.29, 0.717) is 10.9 Å². The van der Waals surface area contributed by atoms with Gasteiger partial charge in [0.25, 0.3) is 0 Å². The second-order valence-electron chi connectivity index (χ2n) is 10.7. The van der Waals surface area contributed by atoms with Crippen LogP contribution in [-0.2, 0) is 0 Å². The van der Waals surface area contributed by atoms with Crippen LogP contribution in [0, 0.1) is 17.7 Å². The van der Waals surface area contributed by atoms with E-state index in [1.807, 2.05) is 35.3 Å². The summed E-state index contributed by atoms with van der Waals surface area (Å²) in [5.41, 5.74) is 11.3. The van der Waals surface area contributed by atoms with E-state index in [9.17, 15) is 9.18 Å². The van der Waals surface area contributed by atoms with Gasteiger partial charge in [-0.15, -0.1) is 0 Å². The number of amides is 2. The van der Waals surface area contributed by atoms with E-state index in [-0.39, 0.29) is 23.8 Å². The summed E-state index contributed by atoms with van der Waals surface area (Å²) in [6.07, 6.45) is 7.21. The number of rotatable bonds is 6. The number of hydrazine groups is 1. The summed E-state index contributed by atoms with van der Waals surface area (Å²) in [4.78, 5) is 15.0. The molecule has 40 heavy (non-hydrogen) atoms. The van der Waals surface area contributed by atoms with E-state index in [1.165, 1.54) is 28.9 Å². The van der Waals surface area contributed by atoms with Crippen molar-refractivity contribution >= 4 is 29.0 Å². The summed E-state index contributed by atoms with van der Waals surface area (Å²) in [6, 6.07) is 23.8. The van der Waals surface area contributed by atoms with Gasteiger partial charge in [0.15, 0.2) is 0 Å². The maximum absolute atomic E-state index is 13.5. The second-order valence-corrected chi connectivity index (χ2v) is 11.1. The predicted molar refractivity (Wildman–Crippen MR) is 159 cm³/mol. The van der Waals surface area contributed by atoms with Crippen molar-refractivity contribution < 1.29 is 9.18 Å². The van der Waals surface area contributed by atoms with Crippen LogP contribution in [0.25, 0.3) is 0 Å². The number of urea groups is 1. The van der Waals surface area contributed by atoms with Crippen LogP contribution >= 0.6 is 11.6 Å². The summed E-state index contributed by atoms with van der Waals surface area (Å²) in [5.74, 6) is 0.337. The van der Waals surface area contributed by atoms with Crippen LogP contribution in [0.2, 0.25) is 5.02 Å². The van der Waals surface area contributed by atoms with Crippen LogP contribution in [0.15, 0.2) is 114 Å². The van der Waals surface area contributed by atoms with E-state index in [4.69, 9.17) is 11.6 Å². The Hall–Kier alpha value is -4.03. The number of hydrogen-bond donors (Lipinski definition) is 2. The fourth-order valence-corrected chi connectivity index (χ4v) is 6.36. The highest BCUT2D eigenvalue weighted by Gasteiger charge is 2.39. The summed E-state index contributed by atoms with van der Waals surface area (Å²) >= 11 is 6.05. The van der Waals surface area contributed by atoms with Gasteiger partial charge in [-0.3, -0.25) is 9.91 Å². The van der Waals surface area contributed by atoms with Gasteiger partial charge in [0.1, 0.15) is 5.82 Å². The molecule has 2 aliphatic carbocycles. The van der Waals surface area contributed by atoms with Crippen LogP contribution < -0.4 is 20.7 Å². The van der Waals surface area contributed by atoms with Crippen LogP contribution in [0.4, 0.5) is 20.6 Å². The van der Waals surface area contributed by atoms with Crippen molar-refractivity contribution in [3.8, 4) is 0 Å². The zero-order chi connectivity index (χ0) is 27.8. The van der Waals surface area contributed by atoms with Crippen molar-refractivity contribution in [1.29, 1.82) is 0 Å². The van der Waals surface area contributed by atoms with Gasteiger partial charge < -0.3 is 10.7 Å². The highest BCUT2D eigenvalue weighted by atomic mass is 35.5. The molecule has 3 aliphatic rings. The van der Waals surface area contributed by atoms with Crippen molar-refractivity contribution in [3.63, 3.8) is 0 Å². The van der Waals surface area contributed by atoms with E-state index in [2.05, 4.69) is 42.1 Å². The first-order chi connectivity index (χ1) is 19.4. The molecule has 1 unspecified atom stereocenters. The van der Waals surface area contributed by atoms with Crippen molar-refractivity contribution in [2.45, 2.75) is 32.2 Å². The van der Waals surface area contributed by atoms with Gasteiger partial charge in [-0.1, -0.05) is 54.4 Å². The predicted octanol–water partition coefficient (Wildman–Crippen LogP) is 7.91. The Bertz CT molecular complexity index is 1500. The second kappa shape index (κ2) is 10.9. The fraction of sp³-hybridized carbons (Fsp3) is 0.242. The lowest BCUT2D eigenvalue weighted by Gasteiger charge is -2.32. The van der Waals surface area contributed by atoms with Crippen molar-refractivity contribution in [2.75, 3.05) is 17.0 Å². The Balaban J connectivity index is 1.25. The van der Waals surface area contributed by atoms with Gasteiger partial charge in [-0.2, -0.15) is 0 Å².